The second-order valence-electron chi connectivity index (χ2n) is 29.3. The number of hydrogen-bond acceptors (Lipinski definition) is 22. The Morgan fingerprint density at radius 1 is 0.553 bits per heavy atom. The van der Waals surface area contributed by atoms with Crippen LogP contribution in [0.5, 0.6) is 5.75 Å². The van der Waals surface area contributed by atoms with Crippen LogP contribution in [0.25, 0.3) is 10.8 Å². The van der Waals surface area contributed by atoms with Crippen molar-refractivity contribution in [2.75, 3.05) is 44.7 Å². The number of nitrogens with zero attached hydrogens (tertiary/aromatic N) is 5. The SMILES string of the molecule is CCC1NC(=O)C(Cc2ccccc2)NC(=O)CSCC(C(=O)NCC(N)=O)NC(=O)C(Cc2cncn2C)NC(=O)C(CCCNC(=N)N)NC(=O)C(Cc2c[nH]cn2)NC(=O)C(Cc2ccc(O)cc2)N(C)C(=O)C(CCCNC(=N)N)NC(=O)C([C@H](C)O)NC(=O)CNC(=O)C(Cc2c[nH]cn2)NC(=O)C(Cc2cccc3ccccc23)NC1=O. The lowest BCUT2D eigenvalue weighted by molar-refractivity contribution is -0.143. The smallest absolute Gasteiger partial charge is 0.245 e. The number of phenols is 1. The molecule has 14 amide bonds. The molecule has 43 heteroatoms. The van der Waals surface area contributed by atoms with E-state index in [9.17, 15) is 48.6 Å². The molecule has 1 aliphatic rings. The number of likely N-dealkylation sites (N-methyl/N-ethyl adjacent to an activating group) is 1. The minimum atomic E-state index is -1.89. The maximum atomic E-state index is 15.4. The van der Waals surface area contributed by atoms with Crippen LogP contribution >= 0.6 is 11.8 Å². The van der Waals surface area contributed by atoms with Gasteiger partial charge in [0.2, 0.25) is 82.7 Å². The maximum Gasteiger partial charge on any atom is 0.245 e. The molecule has 1 fully saturated rings. The number of amides is 14. The Hall–Kier alpha value is -14.0. The topological polar surface area (TPSA) is 652 Å². The summed E-state index contributed by atoms with van der Waals surface area (Å²) in [6, 6.07) is 8.94. The first kappa shape index (κ1) is 94.5. The van der Waals surface area contributed by atoms with Gasteiger partial charge in [0.1, 0.15) is 72.2 Å². The Bertz CT molecular complexity index is 4820. The van der Waals surface area contributed by atoms with E-state index in [-0.39, 0.29) is 94.4 Å². The molecular formula is C80H106N26O16S. The molecule has 0 radical (unpaired) electrons. The number of aromatic hydroxyl groups is 1. The maximum absolute atomic E-state index is 15.4. The van der Waals surface area contributed by atoms with E-state index < -0.39 is 198 Å². The number of aryl methyl sites for hydroxylation is 1. The second kappa shape index (κ2) is 47.1. The van der Waals surface area contributed by atoms with Crippen molar-refractivity contribution in [3.8, 4) is 5.75 Å². The summed E-state index contributed by atoms with van der Waals surface area (Å²) in [5.41, 5.74) is 18.9. The normalized spacial score (nSPS) is 21.9. The minimum absolute atomic E-state index is 0.00390. The third-order valence-electron chi connectivity index (χ3n) is 19.9. The van der Waals surface area contributed by atoms with Gasteiger partial charge < -0.3 is 121 Å². The van der Waals surface area contributed by atoms with Crippen molar-refractivity contribution >= 4 is 117 Å². The number of H-pyrrole nitrogens is 2. The second-order valence-corrected chi connectivity index (χ2v) is 30.3. The molecule has 0 saturated carbocycles. The summed E-state index contributed by atoms with van der Waals surface area (Å²) < 4.78 is 1.53. The lowest BCUT2D eigenvalue weighted by atomic mass is 9.97. The number of aromatic nitrogens is 6. The van der Waals surface area contributed by atoms with E-state index in [2.05, 4.69) is 99.4 Å². The van der Waals surface area contributed by atoms with Gasteiger partial charge in [0.15, 0.2) is 11.9 Å². The van der Waals surface area contributed by atoms with Crippen LogP contribution in [0.15, 0.2) is 135 Å². The fourth-order valence-corrected chi connectivity index (χ4v) is 14.1. The van der Waals surface area contributed by atoms with E-state index in [0.717, 1.165) is 29.0 Å². The summed E-state index contributed by atoms with van der Waals surface area (Å²) in [7, 11) is 2.81. The van der Waals surface area contributed by atoms with Gasteiger partial charge in [-0.3, -0.25) is 77.9 Å². The number of hydrogen-bond donors (Lipinski definition) is 23. The van der Waals surface area contributed by atoms with Crippen LogP contribution in [0.1, 0.15) is 79.7 Å². The van der Waals surface area contributed by atoms with Gasteiger partial charge >= 0.3 is 0 Å². The van der Waals surface area contributed by atoms with Crippen molar-refractivity contribution in [1.82, 2.24) is 109 Å². The van der Waals surface area contributed by atoms with Gasteiger partial charge in [-0.25, -0.2) is 15.0 Å². The lowest BCUT2D eigenvalue weighted by Crippen LogP contribution is -2.62. The highest BCUT2D eigenvalue weighted by Crippen LogP contribution is 2.22. The van der Waals surface area contributed by atoms with Gasteiger partial charge in [-0.2, -0.15) is 0 Å². The Morgan fingerprint density at radius 2 is 1.07 bits per heavy atom. The Labute approximate surface area is 711 Å². The summed E-state index contributed by atoms with van der Waals surface area (Å²) in [6.07, 6.45) is 4.15. The number of aliphatic hydroxyl groups excluding tert-OH is 1. The number of carbonyl (C=O) groups excluding carboxylic acids is 14. The highest BCUT2D eigenvalue weighted by Gasteiger charge is 2.40. The molecule has 26 N–H and O–H groups in total. The molecule has 0 aliphatic carbocycles. The van der Waals surface area contributed by atoms with Crippen molar-refractivity contribution < 1.29 is 77.3 Å². The molecular weight excluding hydrogens is 1610 g/mol. The molecule has 11 unspecified atom stereocenters. The fourth-order valence-electron chi connectivity index (χ4n) is 13.3. The van der Waals surface area contributed by atoms with Gasteiger partial charge in [0.05, 0.1) is 55.3 Å². The molecule has 12 atom stereocenters. The number of nitrogens with two attached hydrogens (primary N) is 3. The zero-order chi connectivity index (χ0) is 89.2. The zero-order valence-corrected chi connectivity index (χ0v) is 69.0. The van der Waals surface area contributed by atoms with Crippen LogP contribution < -0.4 is 91.6 Å². The Kier molecular flexibility index (Phi) is 36.2. The Balaban J connectivity index is 1.20. The molecule has 0 bridgehead atoms. The summed E-state index contributed by atoms with van der Waals surface area (Å²) in [6.45, 7) is 1.02. The van der Waals surface area contributed by atoms with Gasteiger partial charge in [-0.1, -0.05) is 91.9 Å². The molecule has 3 aromatic heterocycles. The monoisotopic (exact) mass is 1720 g/mol. The van der Waals surface area contributed by atoms with Crippen molar-refractivity contribution in [3.63, 3.8) is 0 Å². The first-order chi connectivity index (χ1) is 58.8. The van der Waals surface area contributed by atoms with Gasteiger partial charge in [0, 0.05) is 95.7 Å². The predicted octanol–water partition coefficient (Wildman–Crippen LogP) is -5.06. The van der Waals surface area contributed by atoms with Crippen LogP contribution in [-0.4, -0.2) is 257 Å². The number of phenolic OH excluding ortho intramolecular Hbond substituents is 1. The van der Waals surface area contributed by atoms with Crippen molar-refractivity contribution in [1.29, 1.82) is 10.8 Å². The van der Waals surface area contributed by atoms with Crippen LogP contribution in [0.2, 0.25) is 0 Å². The summed E-state index contributed by atoms with van der Waals surface area (Å²) in [5, 5.41) is 75.3. The van der Waals surface area contributed by atoms with Crippen LogP contribution in [0.3, 0.4) is 0 Å². The number of imidazole rings is 3. The summed E-state index contributed by atoms with van der Waals surface area (Å²) in [4.78, 5) is 224. The number of benzene rings is 4. The average Bonchev–Trinajstić information content (AvgIpc) is 1.55. The van der Waals surface area contributed by atoms with E-state index >= 15 is 28.8 Å². The van der Waals surface area contributed by atoms with Crippen molar-refractivity contribution in [2.45, 2.75) is 157 Å². The Morgan fingerprint density at radius 3 is 1.66 bits per heavy atom. The molecule has 4 aromatic carbocycles. The van der Waals surface area contributed by atoms with E-state index in [1.54, 1.807) is 68.6 Å². The first-order valence-corrected chi connectivity index (χ1v) is 40.7. The number of thioether (sulfide) groups is 1. The molecule has 1 aliphatic heterocycles. The number of fused-ring (bicyclic) bond motifs is 1. The van der Waals surface area contributed by atoms with Crippen LogP contribution in [-0.2, 0) is 113 Å². The molecule has 4 heterocycles. The van der Waals surface area contributed by atoms with Gasteiger partial charge in [-0.05, 0) is 78.6 Å². The molecule has 42 nitrogen and oxygen atoms in total. The largest absolute Gasteiger partial charge is 0.508 e. The number of primary amides is 1. The van der Waals surface area contributed by atoms with E-state index in [0.29, 0.717) is 27.8 Å². The summed E-state index contributed by atoms with van der Waals surface area (Å²) in [5.74, 6) is -15.6. The van der Waals surface area contributed by atoms with E-state index in [1.807, 2.05) is 18.2 Å². The number of carbonyl (C=O) groups is 14. The van der Waals surface area contributed by atoms with Crippen molar-refractivity contribution in [3.05, 3.63) is 168 Å². The highest BCUT2D eigenvalue weighted by atomic mass is 32.2. The molecule has 658 valence electrons. The average molecular weight is 1720 g/mol. The standard InChI is InChI=1S/C80H106N26O16S/c1-5-54-70(114)99-58(30-48-18-11-17-47-16-9-10-19-53(47)48)73(117)100-59(31-49-34-86-41-93-49)68(112)92-38-65(110)104-67(44(2)107)77(121)98-56(21-13-27-90-80(84)85)78(122)106(4)63(29-46-22-24-52(108)25-23-46)76(120)102-60(32-50-35-87-42-94-50)74(118)97-55(20-12-26-89-79(82)83)71(115)101-61(33-51-36-88-43-105(51)3)75(119)103-62(69(113)91-37-64(81)109)39-123-40-66(111)95-57(72(116)96-54)28-45-14-7-6-8-15-45/h6-11,14-19,22-25,34-36,41-44,54-63,67,107-108H,5,12-13,20-21,26-33,37-40H2,1-4H3,(H2,81,109)(H,86,93)(H,87,94)(H,91,113)(H,92,112)(H,95,111)(H,96,116)(H,97,118)(H,98,121)(H,99,114)(H,100,117)(H,101,115)(H,102,120)(H,103,119)(H,104,110)(H4,82,83,89)(H4,84,85,90)/t44-,54?,55?,56?,57?,58?,59?,60?,61?,62?,63?,67?/m0/s1. The first-order valence-electron chi connectivity index (χ1n) is 39.6. The number of nitrogens with one attached hydrogen (secondary N) is 18. The summed E-state index contributed by atoms with van der Waals surface area (Å²) >= 11 is 0.797. The molecule has 123 heavy (non-hydrogen) atoms. The number of rotatable bonds is 25. The van der Waals surface area contributed by atoms with Crippen LogP contribution in [0, 0.1) is 10.8 Å². The van der Waals surface area contributed by atoms with E-state index in [1.165, 1.54) is 73.5 Å². The van der Waals surface area contributed by atoms with E-state index in [4.69, 9.17) is 28.0 Å². The molecule has 8 rings (SSSR count). The number of guanidine groups is 2. The predicted molar refractivity (Wildman–Crippen MR) is 450 cm³/mol. The van der Waals surface area contributed by atoms with Gasteiger partial charge in [-0.15, -0.1) is 11.8 Å². The molecule has 0 spiro atoms. The highest BCUT2D eigenvalue weighted by molar-refractivity contribution is 8.00. The third-order valence-corrected chi connectivity index (χ3v) is 20.9. The third kappa shape index (κ3) is 30.0. The fraction of sp³-hybridized carbons (Fsp3) is 0.412. The van der Waals surface area contributed by atoms with Crippen LogP contribution in [0.4, 0.5) is 0 Å². The van der Waals surface area contributed by atoms with Crippen molar-refractivity contribution in [2.24, 2.45) is 24.2 Å². The van der Waals surface area contributed by atoms with Gasteiger partial charge in [0.25, 0.3) is 0 Å². The minimum Gasteiger partial charge on any atom is -0.508 e. The number of aromatic amines is 2. The molecule has 7 aromatic rings. The number of aliphatic hydroxyl groups is 1. The molecule has 1 saturated heterocycles. The lowest BCUT2D eigenvalue weighted by Gasteiger charge is -2.33. The quantitative estimate of drug-likeness (QED) is 0.0145. The zero-order valence-electron chi connectivity index (χ0n) is 68.1.